The average Bonchev–Trinajstić information content (AvgIpc) is 2.25. The quantitative estimate of drug-likeness (QED) is 0.860. The van der Waals surface area contributed by atoms with Gasteiger partial charge in [-0.3, -0.25) is 0 Å². The Balaban J connectivity index is 2.98. The van der Waals surface area contributed by atoms with Crippen molar-refractivity contribution in [3.8, 4) is 0 Å². The first kappa shape index (κ1) is 12.8. The largest absolute Gasteiger partial charge is 0.478 e. The molecule has 0 bridgehead atoms. The van der Waals surface area contributed by atoms with Crippen molar-refractivity contribution in [1.29, 1.82) is 0 Å². The van der Waals surface area contributed by atoms with Crippen molar-refractivity contribution in [2.45, 2.75) is 19.8 Å². The van der Waals surface area contributed by atoms with Crippen LogP contribution in [-0.4, -0.2) is 24.7 Å². The summed E-state index contributed by atoms with van der Waals surface area (Å²) in [5.41, 5.74) is 0.969. The minimum atomic E-state index is -0.944. The van der Waals surface area contributed by atoms with Gasteiger partial charge in [-0.15, -0.1) is 0 Å². The zero-order valence-corrected chi connectivity index (χ0v) is 10.3. The number of nitrogens with zero attached hydrogens (tertiary/aromatic N) is 1. The summed E-state index contributed by atoms with van der Waals surface area (Å²) in [6.45, 7) is 2.95. The van der Waals surface area contributed by atoms with Crippen molar-refractivity contribution in [2.75, 3.05) is 18.5 Å². The van der Waals surface area contributed by atoms with Crippen molar-refractivity contribution in [1.82, 2.24) is 0 Å². The Kier molecular flexibility index (Phi) is 4.62. The highest BCUT2D eigenvalue weighted by Crippen LogP contribution is 2.23. The van der Waals surface area contributed by atoms with Crippen LogP contribution in [0.15, 0.2) is 18.2 Å². The number of anilines is 1. The number of benzene rings is 1. The fraction of sp³-hybridized carbons (Fsp3) is 0.417. The van der Waals surface area contributed by atoms with Crippen molar-refractivity contribution in [3.05, 3.63) is 28.8 Å². The van der Waals surface area contributed by atoms with Crippen LogP contribution in [0.25, 0.3) is 0 Å². The summed E-state index contributed by atoms with van der Waals surface area (Å²) >= 11 is 5.79. The zero-order valence-electron chi connectivity index (χ0n) is 9.53. The van der Waals surface area contributed by atoms with E-state index in [1.165, 1.54) is 6.07 Å². The molecular weight excluding hydrogens is 226 g/mol. The standard InChI is InChI=1S/C12H16ClNO2/c1-3-4-7-14(2)11-6-5-9(13)8-10(11)12(15)16/h5-6,8H,3-4,7H2,1-2H3,(H,15,16). The third kappa shape index (κ3) is 3.14. The van der Waals surface area contributed by atoms with Crippen LogP contribution >= 0.6 is 11.6 Å². The van der Waals surface area contributed by atoms with Crippen LogP contribution in [0.3, 0.4) is 0 Å². The Morgan fingerprint density at radius 1 is 1.50 bits per heavy atom. The third-order valence-electron chi connectivity index (χ3n) is 2.45. The number of hydrogen-bond acceptors (Lipinski definition) is 2. The van der Waals surface area contributed by atoms with Gasteiger partial charge in [0.05, 0.1) is 11.3 Å². The van der Waals surface area contributed by atoms with Crippen molar-refractivity contribution in [2.24, 2.45) is 0 Å². The highest BCUT2D eigenvalue weighted by molar-refractivity contribution is 6.31. The second-order valence-electron chi connectivity index (χ2n) is 3.74. The van der Waals surface area contributed by atoms with Crippen LogP contribution in [0, 0.1) is 0 Å². The summed E-state index contributed by atoms with van der Waals surface area (Å²) in [4.78, 5) is 13.0. The number of halogens is 1. The minimum Gasteiger partial charge on any atom is -0.478 e. The Morgan fingerprint density at radius 3 is 2.75 bits per heavy atom. The Bertz CT molecular complexity index is 379. The molecule has 0 saturated carbocycles. The first-order valence-corrected chi connectivity index (χ1v) is 5.68. The molecule has 0 aromatic heterocycles. The summed E-state index contributed by atoms with van der Waals surface area (Å²) in [5.74, 6) is -0.944. The van der Waals surface area contributed by atoms with Crippen LogP contribution in [0.4, 0.5) is 5.69 Å². The molecule has 0 amide bonds. The van der Waals surface area contributed by atoms with Gasteiger partial charge in [-0.1, -0.05) is 24.9 Å². The second-order valence-corrected chi connectivity index (χ2v) is 4.18. The molecule has 4 heteroatoms. The highest BCUT2D eigenvalue weighted by Gasteiger charge is 2.13. The van der Waals surface area contributed by atoms with E-state index in [1.54, 1.807) is 12.1 Å². The molecule has 88 valence electrons. The number of carboxylic acids is 1. The van der Waals surface area contributed by atoms with Gasteiger partial charge in [-0.2, -0.15) is 0 Å². The fourth-order valence-electron chi connectivity index (χ4n) is 1.53. The lowest BCUT2D eigenvalue weighted by Gasteiger charge is -2.21. The van der Waals surface area contributed by atoms with E-state index in [2.05, 4.69) is 6.92 Å². The molecule has 0 aliphatic rings. The smallest absolute Gasteiger partial charge is 0.337 e. The summed E-state index contributed by atoms with van der Waals surface area (Å²) in [6.07, 6.45) is 2.12. The van der Waals surface area contributed by atoms with Crippen molar-refractivity contribution >= 4 is 23.3 Å². The normalized spacial score (nSPS) is 10.2. The summed E-state index contributed by atoms with van der Waals surface area (Å²) in [6, 6.07) is 4.95. The van der Waals surface area contributed by atoms with E-state index in [0.717, 1.165) is 19.4 Å². The lowest BCUT2D eigenvalue weighted by molar-refractivity contribution is 0.0697. The zero-order chi connectivity index (χ0) is 12.1. The lowest BCUT2D eigenvalue weighted by atomic mass is 10.1. The van der Waals surface area contributed by atoms with Crippen LogP contribution in [0.1, 0.15) is 30.1 Å². The molecule has 1 aromatic carbocycles. The van der Waals surface area contributed by atoms with Crippen molar-refractivity contribution in [3.63, 3.8) is 0 Å². The average molecular weight is 242 g/mol. The molecule has 0 fully saturated rings. The molecule has 1 aromatic rings. The predicted molar refractivity (Wildman–Crippen MR) is 66.6 cm³/mol. The van der Waals surface area contributed by atoms with Crippen LogP contribution in [0.5, 0.6) is 0 Å². The summed E-state index contributed by atoms with van der Waals surface area (Å²) in [5, 5.41) is 9.53. The van der Waals surface area contributed by atoms with Gasteiger partial charge in [0, 0.05) is 18.6 Å². The maximum absolute atomic E-state index is 11.1. The number of unbranched alkanes of at least 4 members (excludes halogenated alkanes) is 1. The van der Waals surface area contributed by atoms with Gasteiger partial charge in [0.1, 0.15) is 0 Å². The molecule has 3 nitrogen and oxygen atoms in total. The second kappa shape index (κ2) is 5.75. The molecule has 1 rings (SSSR count). The van der Waals surface area contributed by atoms with Gasteiger partial charge in [0.25, 0.3) is 0 Å². The van der Waals surface area contributed by atoms with E-state index in [4.69, 9.17) is 16.7 Å². The Morgan fingerprint density at radius 2 is 2.19 bits per heavy atom. The lowest BCUT2D eigenvalue weighted by Crippen LogP contribution is -2.21. The summed E-state index contributed by atoms with van der Waals surface area (Å²) < 4.78 is 0. The predicted octanol–water partition coefficient (Wildman–Crippen LogP) is 3.27. The maximum Gasteiger partial charge on any atom is 0.337 e. The molecule has 0 spiro atoms. The number of carbonyl (C=O) groups is 1. The monoisotopic (exact) mass is 241 g/mol. The molecule has 1 N–H and O–H groups in total. The molecule has 0 saturated heterocycles. The van der Waals surface area contributed by atoms with E-state index in [1.807, 2.05) is 11.9 Å². The van der Waals surface area contributed by atoms with Crippen LogP contribution in [-0.2, 0) is 0 Å². The highest BCUT2D eigenvalue weighted by atomic mass is 35.5. The number of aromatic carboxylic acids is 1. The van der Waals surface area contributed by atoms with Gasteiger partial charge in [-0.25, -0.2) is 4.79 Å². The van der Waals surface area contributed by atoms with Gasteiger partial charge in [0.15, 0.2) is 0 Å². The molecule has 0 radical (unpaired) electrons. The SMILES string of the molecule is CCCCN(C)c1ccc(Cl)cc1C(=O)O. The topological polar surface area (TPSA) is 40.5 Å². The number of hydrogen-bond donors (Lipinski definition) is 1. The van der Waals surface area contributed by atoms with Crippen molar-refractivity contribution < 1.29 is 9.90 Å². The molecule has 16 heavy (non-hydrogen) atoms. The Hall–Kier alpha value is -1.22. The maximum atomic E-state index is 11.1. The third-order valence-corrected chi connectivity index (χ3v) is 2.68. The molecule has 0 heterocycles. The molecule has 0 atom stereocenters. The van der Waals surface area contributed by atoms with Gasteiger partial charge < -0.3 is 10.0 Å². The van der Waals surface area contributed by atoms with E-state index in [9.17, 15) is 4.79 Å². The molecular formula is C12H16ClNO2. The first-order chi connectivity index (χ1) is 7.56. The van der Waals surface area contributed by atoms with Gasteiger partial charge >= 0.3 is 5.97 Å². The summed E-state index contributed by atoms with van der Waals surface area (Å²) in [7, 11) is 1.89. The van der Waals surface area contributed by atoms with Crippen LogP contribution < -0.4 is 4.90 Å². The molecule has 0 unspecified atom stereocenters. The van der Waals surface area contributed by atoms with E-state index >= 15 is 0 Å². The van der Waals surface area contributed by atoms with E-state index < -0.39 is 5.97 Å². The first-order valence-electron chi connectivity index (χ1n) is 5.30. The fourth-order valence-corrected chi connectivity index (χ4v) is 1.70. The van der Waals surface area contributed by atoms with E-state index in [0.29, 0.717) is 10.7 Å². The number of rotatable bonds is 5. The van der Waals surface area contributed by atoms with Crippen LogP contribution in [0.2, 0.25) is 5.02 Å². The van der Waals surface area contributed by atoms with E-state index in [-0.39, 0.29) is 5.56 Å². The molecule has 0 aliphatic carbocycles. The Labute approximate surface area is 101 Å². The van der Waals surface area contributed by atoms with Gasteiger partial charge in [0.2, 0.25) is 0 Å². The number of carboxylic acid groups (broad SMARTS) is 1. The molecule has 0 aliphatic heterocycles. The van der Waals surface area contributed by atoms with Gasteiger partial charge in [-0.05, 0) is 24.6 Å². The minimum absolute atomic E-state index is 0.256.